The third-order valence-electron chi connectivity index (χ3n) is 0. The molecule has 5 nitrogen and oxygen atoms in total. The summed E-state index contributed by atoms with van der Waals surface area (Å²) in [5, 5.41) is 0. The van der Waals surface area contributed by atoms with Crippen LogP contribution in [0.2, 0.25) is 0 Å². The van der Waals surface area contributed by atoms with Gasteiger partial charge in [0.15, 0.2) is 0 Å². The molecule has 0 saturated heterocycles. The second-order valence-corrected chi connectivity index (χ2v) is 1.34. The molecule has 0 saturated carbocycles. The quantitative estimate of drug-likeness (QED) is 0.288. The molecule has 0 amide bonds. The predicted octanol–water partition coefficient (Wildman–Crippen LogP) is -0.872. The van der Waals surface area contributed by atoms with Crippen molar-refractivity contribution in [2.24, 2.45) is 0 Å². The van der Waals surface area contributed by atoms with Crippen molar-refractivity contribution < 1.29 is 17.5 Å². The van der Waals surface area contributed by atoms with Crippen molar-refractivity contribution in [3.63, 3.8) is 0 Å². The first kappa shape index (κ1) is 15.8. The van der Waals surface area contributed by atoms with Crippen molar-refractivity contribution in [3.05, 3.63) is 0 Å². The van der Waals surface area contributed by atoms with Gasteiger partial charge in [0.1, 0.15) is 0 Å². The molecule has 0 unspecified atom stereocenters. The highest BCUT2D eigenvalue weighted by atomic mass is 32.3. The maximum atomic E-state index is 8.74. The number of hydrogen-bond donors (Lipinski definition) is 3. The van der Waals surface area contributed by atoms with E-state index in [1.165, 1.54) is 0 Å². The van der Waals surface area contributed by atoms with E-state index in [2.05, 4.69) is 0 Å². The Morgan fingerprint density at radius 1 is 1.14 bits per heavy atom. The molecule has 0 spiro atoms. The molecule has 0 atom stereocenters. The van der Waals surface area contributed by atoms with E-state index in [4.69, 9.17) is 17.5 Å². The lowest BCUT2D eigenvalue weighted by Gasteiger charge is -1.68. The summed E-state index contributed by atoms with van der Waals surface area (Å²) >= 11 is 0. The van der Waals surface area contributed by atoms with Gasteiger partial charge in [-0.2, -0.15) is 8.42 Å². The topological polar surface area (TPSA) is 110 Å². The van der Waals surface area contributed by atoms with E-state index in [1.54, 1.807) is 0 Å². The summed E-state index contributed by atoms with van der Waals surface area (Å²) in [6.45, 7) is 0. The molecule has 0 aromatic heterocycles. The number of hydrogen-bond acceptors (Lipinski definition) is 3. The Kier molecular flexibility index (Phi) is 9.17. The van der Waals surface area contributed by atoms with Gasteiger partial charge in [-0.15, -0.1) is 0 Å². The Balaban J connectivity index is -0.0000000800. The largest absolute Gasteiger partial charge is 0.394 e. The molecule has 0 aromatic rings. The maximum absolute atomic E-state index is 8.74. The van der Waals surface area contributed by atoms with E-state index in [1.807, 2.05) is 0 Å². The van der Waals surface area contributed by atoms with Crippen LogP contribution in [0.1, 0.15) is 0 Å². The Bertz CT molecular complexity index is 94.9. The van der Waals surface area contributed by atoms with E-state index in [9.17, 15) is 0 Å². The van der Waals surface area contributed by atoms with E-state index >= 15 is 0 Å². The fourth-order valence-electron chi connectivity index (χ4n) is 0. The van der Waals surface area contributed by atoms with Gasteiger partial charge >= 0.3 is 10.4 Å². The fourth-order valence-corrected chi connectivity index (χ4v) is 0. The van der Waals surface area contributed by atoms with Crippen LogP contribution in [0.3, 0.4) is 0 Å². The van der Waals surface area contributed by atoms with Crippen LogP contribution in [0.4, 0.5) is 0 Å². The molecule has 43 valence electrons. The zero-order chi connectivity index (χ0) is 4.50. The molecule has 0 heterocycles. The molecule has 0 aliphatic rings. The van der Waals surface area contributed by atoms with Crippen LogP contribution in [0.5, 0.6) is 0 Å². The SMILES string of the molecule is N.O=S(=O)(O)O.[B]. The van der Waals surface area contributed by atoms with Crippen LogP contribution in [-0.4, -0.2) is 25.9 Å². The average Bonchev–Trinajstić information content (AvgIpc) is 0.722. The molecule has 7 heavy (non-hydrogen) atoms. The van der Waals surface area contributed by atoms with Crippen LogP contribution < -0.4 is 6.15 Å². The molecule has 0 fully saturated rings. The first-order valence-electron chi connectivity index (χ1n) is 0.698. The lowest BCUT2D eigenvalue weighted by atomic mass is 10.8. The van der Waals surface area contributed by atoms with Gasteiger partial charge in [-0.3, -0.25) is 9.11 Å². The molecular formula is H5BNO4S. The first-order valence-corrected chi connectivity index (χ1v) is 2.10. The Hall–Kier alpha value is -0.105. The van der Waals surface area contributed by atoms with Crippen molar-refractivity contribution in [1.82, 2.24) is 6.15 Å². The summed E-state index contributed by atoms with van der Waals surface area (Å²) in [4.78, 5) is 0. The predicted molar refractivity (Wildman–Crippen MR) is 25.0 cm³/mol. The normalized spacial score (nSPS) is 8.29. The highest BCUT2D eigenvalue weighted by Gasteiger charge is 1.84. The summed E-state index contributed by atoms with van der Waals surface area (Å²) in [5.74, 6) is 0. The number of rotatable bonds is 0. The minimum absolute atomic E-state index is 0. The highest BCUT2D eigenvalue weighted by molar-refractivity contribution is 7.79. The molecule has 7 heteroatoms. The van der Waals surface area contributed by atoms with E-state index in [-0.39, 0.29) is 14.6 Å². The molecular weight excluding hydrogens is 121 g/mol. The zero-order valence-corrected chi connectivity index (χ0v) is 4.22. The van der Waals surface area contributed by atoms with Gasteiger partial charge in [-0.05, 0) is 0 Å². The summed E-state index contributed by atoms with van der Waals surface area (Å²) in [6.07, 6.45) is 0. The highest BCUT2D eigenvalue weighted by Crippen LogP contribution is 1.59. The van der Waals surface area contributed by atoms with Crippen molar-refractivity contribution in [2.45, 2.75) is 0 Å². The molecule has 0 aliphatic carbocycles. The summed E-state index contributed by atoms with van der Waals surface area (Å²) in [5.41, 5.74) is 0. The smallest absolute Gasteiger partial charge is 0.344 e. The van der Waals surface area contributed by atoms with Crippen molar-refractivity contribution in [1.29, 1.82) is 0 Å². The van der Waals surface area contributed by atoms with Gasteiger partial charge in [0.25, 0.3) is 0 Å². The Morgan fingerprint density at radius 3 is 1.14 bits per heavy atom. The molecule has 0 bridgehead atoms. The lowest BCUT2D eigenvalue weighted by Crippen LogP contribution is -1.89. The lowest BCUT2D eigenvalue weighted by molar-refractivity contribution is 0.381. The standard InChI is InChI=1S/B.H3N.H2O4S/c;;1-5(2,3)4/h;1H3;(H2,1,2,3,4). The zero-order valence-electron chi connectivity index (χ0n) is 3.40. The third kappa shape index (κ3) is 8100. The van der Waals surface area contributed by atoms with Gasteiger partial charge in [-0.25, -0.2) is 0 Å². The van der Waals surface area contributed by atoms with Crippen molar-refractivity contribution in [3.8, 4) is 0 Å². The van der Waals surface area contributed by atoms with Gasteiger partial charge in [0.05, 0.1) is 0 Å². The van der Waals surface area contributed by atoms with Gasteiger partial charge in [-0.1, -0.05) is 0 Å². The Labute approximate surface area is 43.5 Å². The molecule has 0 rings (SSSR count). The molecule has 0 aromatic carbocycles. The van der Waals surface area contributed by atoms with Crippen LogP contribution in [0, 0.1) is 0 Å². The fraction of sp³-hybridized carbons (Fsp3) is 0. The summed E-state index contributed by atoms with van der Waals surface area (Å²) < 4.78 is 31.6. The van der Waals surface area contributed by atoms with Crippen LogP contribution in [0.15, 0.2) is 0 Å². The third-order valence-corrected chi connectivity index (χ3v) is 0. The molecule has 5 N–H and O–H groups in total. The Morgan fingerprint density at radius 2 is 1.14 bits per heavy atom. The van der Waals surface area contributed by atoms with Crippen LogP contribution in [-0.2, 0) is 10.4 Å². The van der Waals surface area contributed by atoms with Crippen LogP contribution in [0.25, 0.3) is 0 Å². The minimum atomic E-state index is -4.67. The second kappa shape index (κ2) is 4.06. The van der Waals surface area contributed by atoms with Gasteiger partial charge in [0, 0.05) is 8.41 Å². The van der Waals surface area contributed by atoms with E-state index in [0.717, 1.165) is 0 Å². The maximum Gasteiger partial charge on any atom is 0.394 e. The van der Waals surface area contributed by atoms with Crippen LogP contribution >= 0.6 is 0 Å². The van der Waals surface area contributed by atoms with E-state index in [0.29, 0.717) is 0 Å². The van der Waals surface area contributed by atoms with Gasteiger partial charge < -0.3 is 6.15 Å². The minimum Gasteiger partial charge on any atom is -0.344 e. The average molecular weight is 126 g/mol. The first-order chi connectivity index (χ1) is 2.00. The second-order valence-electron chi connectivity index (χ2n) is 0.448. The molecule has 3 radical (unpaired) electrons. The monoisotopic (exact) mass is 126 g/mol. The van der Waals surface area contributed by atoms with Crippen molar-refractivity contribution in [2.75, 3.05) is 0 Å². The van der Waals surface area contributed by atoms with Crippen molar-refractivity contribution >= 4 is 18.8 Å². The summed E-state index contributed by atoms with van der Waals surface area (Å²) in [6, 6.07) is 0. The van der Waals surface area contributed by atoms with E-state index < -0.39 is 10.4 Å². The molecule has 0 aliphatic heterocycles. The van der Waals surface area contributed by atoms with Gasteiger partial charge in [0.2, 0.25) is 0 Å². The summed E-state index contributed by atoms with van der Waals surface area (Å²) in [7, 11) is -4.67.